The van der Waals surface area contributed by atoms with Crippen molar-refractivity contribution in [1.29, 1.82) is 0 Å². The van der Waals surface area contributed by atoms with Crippen LogP contribution in [-0.2, 0) is 0 Å². The van der Waals surface area contributed by atoms with Gasteiger partial charge in [0.15, 0.2) is 0 Å². The van der Waals surface area contributed by atoms with E-state index in [0.29, 0.717) is 0 Å². The Bertz CT molecular complexity index is 411. The maximum Gasteiger partial charge on any atom is 0.0664 e. The van der Waals surface area contributed by atoms with Crippen molar-refractivity contribution in [2.24, 2.45) is 11.8 Å². The molecule has 14 heavy (non-hydrogen) atoms. The van der Waals surface area contributed by atoms with Crippen molar-refractivity contribution in [2.45, 2.75) is 13.3 Å². The average molecular weight is 183 g/mol. The Morgan fingerprint density at radius 3 is 3.07 bits per heavy atom. The van der Waals surface area contributed by atoms with Gasteiger partial charge in [-0.25, -0.2) is 0 Å². The molecule has 0 radical (unpaired) electrons. The van der Waals surface area contributed by atoms with Crippen molar-refractivity contribution >= 4 is 5.57 Å². The first-order chi connectivity index (χ1) is 6.84. The number of hydrogen-bond donors (Lipinski definition) is 0. The highest BCUT2D eigenvalue weighted by molar-refractivity contribution is 5.70. The molecule has 70 valence electrons. The third kappa shape index (κ3) is 1.20. The molecule has 2 aliphatic rings. The summed E-state index contributed by atoms with van der Waals surface area (Å²) in [6, 6.07) is 4.27. The first kappa shape index (κ1) is 7.98. The van der Waals surface area contributed by atoms with E-state index < -0.39 is 0 Å². The molecule has 1 heterocycles. The number of allylic oxidation sites excluding steroid dienone is 4. The van der Waals surface area contributed by atoms with E-state index in [1.54, 1.807) is 0 Å². The molecule has 1 saturated carbocycles. The fraction of sp³-hybridized carbons (Fsp3) is 0.308. The fourth-order valence-electron chi connectivity index (χ4n) is 2.12. The number of aryl methyl sites for hydroxylation is 1. The molecule has 0 aliphatic heterocycles. The Labute approximate surface area is 84.2 Å². The maximum absolute atomic E-state index is 4.48. The molecule has 0 bridgehead atoms. The highest BCUT2D eigenvalue weighted by Crippen LogP contribution is 2.50. The minimum absolute atomic E-state index is 0.759. The molecule has 0 saturated heterocycles. The molecule has 1 fully saturated rings. The van der Waals surface area contributed by atoms with E-state index in [0.717, 1.165) is 17.5 Å². The van der Waals surface area contributed by atoms with Gasteiger partial charge in [-0.3, -0.25) is 4.98 Å². The zero-order valence-corrected chi connectivity index (χ0v) is 8.27. The van der Waals surface area contributed by atoms with E-state index >= 15 is 0 Å². The molecular weight excluding hydrogens is 170 g/mol. The summed E-state index contributed by atoms with van der Waals surface area (Å²) in [4.78, 5) is 4.48. The van der Waals surface area contributed by atoms with Crippen LogP contribution in [0.25, 0.3) is 5.57 Å². The summed E-state index contributed by atoms with van der Waals surface area (Å²) in [6.07, 6.45) is 9.96. The van der Waals surface area contributed by atoms with E-state index in [1.165, 1.54) is 17.6 Å². The zero-order valence-electron chi connectivity index (χ0n) is 8.27. The van der Waals surface area contributed by atoms with Crippen molar-refractivity contribution in [2.75, 3.05) is 0 Å². The predicted octanol–water partition coefficient (Wildman–Crippen LogP) is 2.98. The van der Waals surface area contributed by atoms with E-state index in [9.17, 15) is 0 Å². The second kappa shape index (κ2) is 2.81. The maximum atomic E-state index is 4.48. The third-order valence-corrected chi connectivity index (χ3v) is 3.08. The van der Waals surface area contributed by atoms with Gasteiger partial charge in [-0.1, -0.05) is 24.3 Å². The van der Waals surface area contributed by atoms with Gasteiger partial charge in [-0.05, 0) is 42.4 Å². The van der Waals surface area contributed by atoms with Gasteiger partial charge in [0, 0.05) is 6.20 Å². The predicted molar refractivity (Wildman–Crippen MR) is 57.7 cm³/mol. The molecule has 2 unspecified atom stereocenters. The smallest absolute Gasteiger partial charge is 0.0664 e. The van der Waals surface area contributed by atoms with Crippen molar-refractivity contribution in [1.82, 2.24) is 4.98 Å². The molecule has 0 aromatic carbocycles. The third-order valence-electron chi connectivity index (χ3n) is 3.08. The van der Waals surface area contributed by atoms with Crippen LogP contribution >= 0.6 is 0 Å². The largest absolute Gasteiger partial charge is 0.256 e. The van der Waals surface area contributed by atoms with Gasteiger partial charge in [-0.2, -0.15) is 0 Å². The SMILES string of the molecule is Cc1ccc(C2=CC=CC3CC23)nc1. The van der Waals surface area contributed by atoms with Crippen molar-refractivity contribution in [3.63, 3.8) is 0 Å². The summed E-state index contributed by atoms with van der Waals surface area (Å²) < 4.78 is 0. The Morgan fingerprint density at radius 2 is 2.29 bits per heavy atom. The lowest BCUT2D eigenvalue weighted by Crippen LogP contribution is -1.95. The summed E-state index contributed by atoms with van der Waals surface area (Å²) in [6.45, 7) is 2.08. The van der Waals surface area contributed by atoms with E-state index in [-0.39, 0.29) is 0 Å². The molecule has 1 aromatic rings. The van der Waals surface area contributed by atoms with Crippen LogP contribution in [0.2, 0.25) is 0 Å². The highest BCUT2D eigenvalue weighted by Gasteiger charge is 2.39. The molecular formula is C13H13N. The molecule has 2 aliphatic carbocycles. The lowest BCUT2D eigenvalue weighted by Gasteiger charge is -2.07. The molecule has 1 aromatic heterocycles. The number of hydrogen-bond acceptors (Lipinski definition) is 1. The lowest BCUT2D eigenvalue weighted by molar-refractivity contribution is 0.986. The summed E-state index contributed by atoms with van der Waals surface area (Å²) in [7, 11) is 0. The van der Waals surface area contributed by atoms with Crippen LogP contribution < -0.4 is 0 Å². The summed E-state index contributed by atoms with van der Waals surface area (Å²) in [5.41, 5.74) is 3.82. The van der Waals surface area contributed by atoms with Gasteiger partial charge in [0.25, 0.3) is 0 Å². The van der Waals surface area contributed by atoms with Crippen molar-refractivity contribution < 1.29 is 0 Å². The van der Waals surface area contributed by atoms with Crippen LogP contribution in [0.15, 0.2) is 36.6 Å². The lowest BCUT2D eigenvalue weighted by atomic mass is 10.0. The number of nitrogens with zero attached hydrogens (tertiary/aromatic N) is 1. The standard InChI is InChI=1S/C13H13N/c1-9-5-6-13(14-8-9)11-4-2-3-10-7-12(10)11/h2-6,8,10,12H,7H2,1H3. The van der Waals surface area contributed by atoms with E-state index in [1.807, 2.05) is 6.20 Å². The molecule has 0 spiro atoms. The Kier molecular flexibility index (Phi) is 1.60. The van der Waals surface area contributed by atoms with Crippen LogP contribution in [0.3, 0.4) is 0 Å². The van der Waals surface area contributed by atoms with Gasteiger partial charge in [-0.15, -0.1) is 0 Å². The normalized spacial score (nSPS) is 28.2. The molecule has 3 rings (SSSR count). The quantitative estimate of drug-likeness (QED) is 0.652. The van der Waals surface area contributed by atoms with Gasteiger partial charge < -0.3 is 0 Å². The van der Waals surface area contributed by atoms with Crippen LogP contribution in [-0.4, -0.2) is 4.98 Å². The Balaban J connectivity index is 1.99. The zero-order chi connectivity index (χ0) is 9.54. The molecule has 2 atom stereocenters. The van der Waals surface area contributed by atoms with Crippen LogP contribution in [0, 0.1) is 18.8 Å². The Morgan fingerprint density at radius 1 is 1.36 bits per heavy atom. The van der Waals surface area contributed by atoms with Crippen LogP contribution in [0.1, 0.15) is 17.7 Å². The topological polar surface area (TPSA) is 12.9 Å². The first-order valence-electron chi connectivity index (χ1n) is 5.16. The van der Waals surface area contributed by atoms with Gasteiger partial charge in [0.2, 0.25) is 0 Å². The first-order valence-corrected chi connectivity index (χ1v) is 5.16. The van der Waals surface area contributed by atoms with E-state index in [4.69, 9.17) is 0 Å². The minimum Gasteiger partial charge on any atom is -0.256 e. The molecule has 0 amide bonds. The summed E-state index contributed by atoms with van der Waals surface area (Å²) >= 11 is 0. The van der Waals surface area contributed by atoms with Gasteiger partial charge in [0.05, 0.1) is 5.69 Å². The monoisotopic (exact) mass is 183 g/mol. The highest BCUT2D eigenvalue weighted by atomic mass is 14.7. The van der Waals surface area contributed by atoms with E-state index in [2.05, 4.69) is 42.3 Å². The van der Waals surface area contributed by atoms with Gasteiger partial charge >= 0.3 is 0 Å². The second-order valence-corrected chi connectivity index (χ2v) is 4.23. The van der Waals surface area contributed by atoms with Gasteiger partial charge in [0.1, 0.15) is 0 Å². The summed E-state index contributed by atoms with van der Waals surface area (Å²) in [5.74, 6) is 1.56. The van der Waals surface area contributed by atoms with Crippen LogP contribution in [0.5, 0.6) is 0 Å². The number of aromatic nitrogens is 1. The minimum atomic E-state index is 0.759. The van der Waals surface area contributed by atoms with Crippen molar-refractivity contribution in [3.05, 3.63) is 47.8 Å². The number of fused-ring (bicyclic) bond motifs is 1. The van der Waals surface area contributed by atoms with Crippen LogP contribution in [0.4, 0.5) is 0 Å². The average Bonchev–Trinajstić information content (AvgIpc) is 2.97. The number of rotatable bonds is 1. The number of pyridine rings is 1. The molecule has 1 nitrogen and oxygen atoms in total. The molecule has 0 N–H and O–H groups in total. The Hall–Kier alpha value is -1.37. The summed E-state index contributed by atoms with van der Waals surface area (Å²) in [5, 5.41) is 0. The molecule has 1 heteroatoms. The second-order valence-electron chi connectivity index (χ2n) is 4.23. The van der Waals surface area contributed by atoms with Crippen molar-refractivity contribution in [3.8, 4) is 0 Å². The fourth-order valence-corrected chi connectivity index (χ4v) is 2.12.